The minimum absolute atomic E-state index is 0.158. The Balaban J connectivity index is 1.79. The second-order valence-corrected chi connectivity index (χ2v) is 8.88. The molecule has 0 N–H and O–H groups in total. The van der Waals surface area contributed by atoms with Crippen molar-refractivity contribution in [3.63, 3.8) is 0 Å². The summed E-state index contributed by atoms with van der Waals surface area (Å²) in [6, 6.07) is 15.4. The Kier molecular flexibility index (Phi) is 3.92. The molecule has 4 rings (SSSR count). The van der Waals surface area contributed by atoms with Gasteiger partial charge < -0.3 is 4.74 Å². The van der Waals surface area contributed by atoms with E-state index < -0.39 is 0 Å². The zero-order valence-electron chi connectivity index (χ0n) is 13.2. The van der Waals surface area contributed by atoms with Crippen molar-refractivity contribution >= 4 is 13.2 Å². The fourth-order valence-electron chi connectivity index (χ4n) is 3.91. The van der Waals surface area contributed by atoms with E-state index in [2.05, 4.69) is 49.4 Å². The summed E-state index contributed by atoms with van der Waals surface area (Å²) in [7, 11) is -0.158. The van der Waals surface area contributed by atoms with E-state index in [9.17, 15) is 0 Å². The molecule has 0 aromatic heterocycles. The summed E-state index contributed by atoms with van der Waals surface area (Å²) in [5.41, 5.74) is 5.04. The normalized spacial score (nSPS) is 21.4. The fourth-order valence-corrected chi connectivity index (χ4v) is 6.81. The van der Waals surface area contributed by atoms with Crippen LogP contribution < -0.4 is 10.0 Å². The van der Waals surface area contributed by atoms with Crippen LogP contribution in [0.5, 0.6) is 5.75 Å². The molecule has 1 saturated carbocycles. The van der Waals surface area contributed by atoms with Gasteiger partial charge in [-0.25, -0.2) is 0 Å². The quantitative estimate of drug-likeness (QED) is 0.670. The van der Waals surface area contributed by atoms with Crippen LogP contribution in [0.3, 0.4) is 0 Å². The summed E-state index contributed by atoms with van der Waals surface area (Å²) in [5, 5.41) is 1.54. The summed E-state index contributed by atoms with van der Waals surface area (Å²) in [5.74, 6) is 1.15. The van der Waals surface area contributed by atoms with Crippen LogP contribution in [-0.4, -0.2) is 12.0 Å². The SMILES string of the molecule is Cc1ccccc1-c1cccc2c1P(C1CCCCC1)CO2. The van der Waals surface area contributed by atoms with Crippen molar-refractivity contribution in [1.29, 1.82) is 0 Å². The second kappa shape index (κ2) is 6.05. The summed E-state index contributed by atoms with van der Waals surface area (Å²) in [6.07, 6.45) is 7.98. The molecule has 22 heavy (non-hydrogen) atoms. The van der Waals surface area contributed by atoms with Crippen LogP contribution in [0.15, 0.2) is 42.5 Å². The van der Waals surface area contributed by atoms with E-state index in [1.807, 2.05) is 0 Å². The van der Waals surface area contributed by atoms with Crippen molar-refractivity contribution < 1.29 is 4.74 Å². The summed E-state index contributed by atoms with van der Waals surface area (Å²) in [4.78, 5) is 0. The molecule has 0 radical (unpaired) electrons. The predicted molar refractivity (Wildman–Crippen MR) is 95.5 cm³/mol. The van der Waals surface area contributed by atoms with Gasteiger partial charge in [0.1, 0.15) is 12.1 Å². The number of ether oxygens (including phenoxy) is 1. The summed E-state index contributed by atoms with van der Waals surface area (Å²) >= 11 is 0. The Hall–Kier alpha value is -1.33. The molecule has 2 aromatic rings. The van der Waals surface area contributed by atoms with Gasteiger partial charge in [-0.05, 0) is 56.1 Å². The van der Waals surface area contributed by atoms with Gasteiger partial charge in [0.2, 0.25) is 0 Å². The van der Waals surface area contributed by atoms with Crippen molar-refractivity contribution in [2.24, 2.45) is 0 Å². The molecule has 2 aliphatic rings. The molecule has 1 fully saturated rings. The van der Waals surface area contributed by atoms with Crippen LogP contribution in [0.4, 0.5) is 0 Å². The smallest absolute Gasteiger partial charge is 0.128 e. The van der Waals surface area contributed by atoms with E-state index >= 15 is 0 Å². The molecule has 0 amide bonds. The van der Waals surface area contributed by atoms with Crippen molar-refractivity contribution in [3.8, 4) is 16.9 Å². The van der Waals surface area contributed by atoms with E-state index in [1.165, 1.54) is 48.8 Å². The van der Waals surface area contributed by atoms with Gasteiger partial charge in [0.05, 0.1) is 0 Å². The number of hydrogen-bond donors (Lipinski definition) is 0. The highest BCUT2D eigenvalue weighted by Crippen LogP contribution is 2.54. The molecule has 1 unspecified atom stereocenters. The Morgan fingerprint density at radius 2 is 1.68 bits per heavy atom. The van der Waals surface area contributed by atoms with Crippen LogP contribution >= 0.6 is 7.92 Å². The highest BCUT2D eigenvalue weighted by molar-refractivity contribution is 7.67. The maximum atomic E-state index is 6.10. The van der Waals surface area contributed by atoms with E-state index in [-0.39, 0.29) is 7.92 Å². The number of rotatable bonds is 2. The molecule has 0 saturated heterocycles. The lowest BCUT2D eigenvalue weighted by Crippen LogP contribution is -2.17. The van der Waals surface area contributed by atoms with Crippen LogP contribution in [0.25, 0.3) is 11.1 Å². The molecule has 2 heteroatoms. The third kappa shape index (κ3) is 2.46. The lowest BCUT2D eigenvalue weighted by molar-refractivity contribution is 0.399. The first-order chi connectivity index (χ1) is 10.8. The average molecular weight is 310 g/mol. The first kappa shape index (κ1) is 14.3. The van der Waals surface area contributed by atoms with Crippen LogP contribution in [0.1, 0.15) is 37.7 Å². The number of aryl methyl sites for hydroxylation is 1. The van der Waals surface area contributed by atoms with Crippen molar-refractivity contribution in [2.75, 3.05) is 6.35 Å². The Morgan fingerprint density at radius 3 is 2.50 bits per heavy atom. The molecule has 0 spiro atoms. The van der Waals surface area contributed by atoms with Gasteiger partial charge in [0.25, 0.3) is 0 Å². The van der Waals surface area contributed by atoms with Crippen molar-refractivity contribution in [2.45, 2.75) is 44.7 Å². The monoisotopic (exact) mass is 310 g/mol. The van der Waals surface area contributed by atoms with Gasteiger partial charge in [0.15, 0.2) is 0 Å². The van der Waals surface area contributed by atoms with Gasteiger partial charge >= 0.3 is 0 Å². The van der Waals surface area contributed by atoms with Gasteiger partial charge in [-0.1, -0.05) is 55.7 Å². The van der Waals surface area contributed by atoms with E-state index in [1.54, 1.807) is 5.30 Å². The molecule has 1 aliphatic heterocycles. The summed E-state index contributed by atoms with van der Waals surface area (Å²) < 4.78 is 6.10. The highest BCUT2D eigenvalue weighted by atomic mass is 31.1. The maximum absolute atomic E-state index is 6.10. The minimum Gasteiger partial charge on any atom is -0.488 e. The van der Waals surface area contributed by atoms with Crippen LogP contribution in [0.2, 0.25) is 0 Å². The van der Waals surface area contributed by atoms with Gasteiger partial charge in [-0.2, -0.15) is 0 Å². The molecule has 2 aromatic carbocycles. The minimum atomic E-state index is -0.158. The average Bonchev–Trinajstić information content (AvgIpc) is 3.00. The van der Waals surface area contributed by atoms with E-state index in [4.69, 9.17) is 4.74 Å². The Morgan fingerprint density at radius 1 is 0.909 bits per heavy atom. The molecular weight excluding hydrogens is 287 g/mol. The number of hydrogen-bond acceptors (Lipinski definition) is 1. The second-order valence-electron chi connectivity index (χ2n) is 6.50. The van der Waals surface area contributed by atoms with Crippen LogP contribution in [-0.2, 0) is 0 Å². The predicted octanol–water partition coefficient (Wildman–Crippen LogP) is 5.45. The van der Waals surface area contributed by atoms with Gasteiger partial charge in [-0.3, -0.25) is 0 Å². The molecule has 0 bridgehead atoms. The Bertz CT molecular complexity index is 673. The fraction of sp³-hybridized carbons (Fsp3) is 0.400. The Labute approximate surface area is 134 Å². The van der Waals surface area contributed by atoms with Crippen LogP contribution in [0, 0.1) is 6.92 Å². The van der Waals surface area contributed by atoms with Crippen molar-refractivity contribution in [3.05, 3.63) is 48.0 Å². The molecule has 1 nitrogen and oxygen atoms in total. The largest absolute Gasteiger partial charge is 0.488 e. The first-order valence-electron chi connectivity index (χ1n) is 8.43. The molecule has 1 heterocycles. The number of fused-ring (bicyclic) bond motifs is 1. The first-order valence-corrected chi connectivity index (χ1v) is 10.0. The third-order valence-corrected chi connectivity index (χ3v) is 7.94. The van der Waals surface area contributed by atoms with E-state index in [0.717, 1.165) is 17.8 Å². The van der Waals surface area contributed by atoms with Gasteiger partial charge in [-0.15, -0.1) is 0 Å². The maximum Gasteiger partial charge on any atom is 0.128 e. The zero-order chi connectivity index (χ0) is 14.9. The van der Waals surface area contributed by atoms with Gasteiger partial charge in [0, 0.05) is 5.30 Å². The standard InChI is InChI=1S/C20H23OP/c1-15-8-5-6-11-17(15)18-12-7-13-19-20(18)22(14-21-19)16-9-3-2-4-10-16/h5-8,11-13,16H,2-4,9-10,14H2,1H3. The molecule has 114 valence electrons. The molecular formula is C20H23OP. The number of benzene rings is 2. The molecule has 1 atom stereocenters. The molecule has 1 aliphatic carbocycles. The lowest BCUT2D eigenvalue weighted by atomic mass is 10.00. The lowest BCUT2D eigenvalue weighted by Gasteiger charge is -2.28. The van der Waals surface area contributed by atoms with E-state index in [0.29, 0.717) is 0 Å². The van der Waals surface area contributed by atoms with Crippen molar-refractivity contribution in [1.82, 2.24) is 0 Å². The highest BCUT2D eigenvalue weighted by Gasteiger charge is 2.34. The third-order valence-electron chi connectivity index (χ3n) is 5.10. The zero-order valence-corrected chi connectivity index (χ0v) is 14.1. The topological polar surface area (TPSA) is 9.23 Å². The summed E-state index contributed by atoms with van der Waals surface area (Å²) in [6.45, 7) is 2.22.